The van der Waals surface area contributed by atoms with Gasteiger partial charge in [0.2, 0.25) is 5.91 Å². The lowest BCUT2D eigenvalue weighted by molar-refractivity contribution is -0.121. The minimum Gasteiger partial charge on any atom is -0.396 e. The van der Waals surface area contributed by atoms with Gasteiger partial charge in [-0.25, -0.2) is 4.98 Å². The Labute approximate surface area is 98.7 Å². The molecule has 0 aromatic carbocycles. The molecule has 1 amide bonds. The fraction of sp³-hybridized carbons (Fsp3) is 0.600. The van der Waals surface area contributed by atoms with Gasteiger partial charge in [-0.2, -0.15) is 0 Å². The Hall–Kier alpha value is -1.14. The average molecular weight is 243 g/mol. The standard InChI is InChI=1S/C10H17N3O2S/c1-10(2,6-14)5-12-8(15)3-7-4-16-9(11)13-7/h4,14H,3,5-6H2,1-2H3,(H2,11,13)(H,12,15). The second-order valence-corrected chi connectivity index (χ2v) is 5.34. The largest absolute Gasteiger partial charge is 0.396 e. The number of aliphatic hydroxyl groups is 1. The van der Waals surface area contributed by atoms with Crippen LogP contribution in [-0.4, -0.2) is 29.1 Å². The second kappa shape index (κ2) is 5.27. The summed E-state index contributed by atoms with van der Waals surface area (Å²) in [6, 6.07) is 0. The molecule has 6 heteroatoms. The van der Waals surface area contributed by atoms with Crippen molar-refractivity contribution in [2.45, 2.75) is 20.3 Å². The van der Waals surface area contributed by atoms with E-state index in [1.165, 1.54) is 11.3 Å². The maximum absolute atomic E-state index is 11.5. The number of thiazole rings is 1. The molecule has 0 saturated carbocycles. The Morgan fingerprint density at radius 3 is 2.88 bits per heavy atom. The zero-order chi connectivity index (χ0) is 12.2. The summed E-state index contributed by atoms with van der Waals surface area (Å²) >= 11 is 1.32. The van der Waals surface area contributed by atoms with Crippen LogP contribution in [0.3, 0.4) is 0 Å². The van der Waals surface area contributed by atoms with Gasteiger partial charge in [0.25, 0.3) is 0 Å². The number of hydrogen-bond acceptors (Lipinski definition) is 5. The molecule has 16 heavy (non-hydrogen) atoms. The van der Waals surface area contributed by atoms with Crippen LogP contribution in [0.1, 0.15) is 19.5 Å². The highest BCUT2D eigenvalue weighted by atomic mass is 32.1. The molecule has 5 nitrogen and oxygen atoms in total. The molecule has 90 valence electrons. The van der Waals surface area contributed by atoms with E-state index in [1.54, 1.807) is 5.38 Å². The Balaban J connectivity index is 2.37. The van der Waals surface area contributed by atoms with Crippen LogP contribution in [0.25, 0.3) is 0 Å². The van der Waals surface area contributed by atoms with Crippen LogP contribution in [0.15, 0.2) is 5.38 Å². The zero-order valence-electron chi connectivity index (χ0n) is 9.49. The summed E-state index contributed by atoms with van der Waals surface area (Å²) in [6.45, 7) is 4.25. The minimum absolute atomic E-state index is 0.0386. The lowest BCUT2D eigenvalue weighted by Gasteiger charge is -2.21. The number of aliphatic hydroxyl groups excluding tert-OH is 1. The van der Waals surface area contributed by atoms with Gasteiger partial charge >= 0.3 is 0 Å². The summed E-state index contributed by atoms with van der Waals surface area (Å²) < 4.78 is 0. The van der Waals surface area contributed by atoms with Crippen molar-refractivity contribution in [3.05, 3.63) is 11.1 Å². The molecule has 0 bridgehead atoms. The highest BCUT2D eigenvalue weighted by molar-refractivity contribution is 7.13. The van der Waals surface area contributed by atoms with E-state index in [0.717, 1.165) is 0 Å². The van der Waals surface area contributed by atoms with Gasteiger partial charge in [-0.1, -0.05) is 13.8 Å². The fourth-order valence-electron chi connectivity index (χ4n) is 1.02. The van der Waals surface area contributed by atoms with Crippen molar-refractivity contribution in [2.75, 3.05) is 18.9 Å². The normalized spacial score (nSPS) is 11.4. The number of aromatic nitrogens is 1. The zero-order valence-corrected chi connectivity index (χ0v) is 10.3. The number of hydrogen-bond donors (Lipinski definition) is 3. The number of carbonyl (C=O) groups excluding carboxylic acids is 1. The summed E-state index contributed by atoms with van der Waals surface area (Å²) in [5, 5.41) is 14.0. The number of carbonyl (C=O) groups is 1. The molecule has 1 heterocycles. The molecule has 0 unspecified atom stereocenters. The molecule has 1 rings (SSSR count). The van der Waals surface area contributed by atoms with E-state index in [4.69, 9.17) is 10.8 Å². The highest BCUT2D eigenvalue weighted by Crippen LogP contribution is 2.13. The monoisotopic (exact) mass is 243 g/mol. The van der Waals surface area contributed by atoms with Crippen LogP contribution in [0, 0.1) is 5.41 Å². The van der Waals surface area contributed by atoms with Gasteiger partial charge in [-0.15, -0.1) is 11.3 Å². The molecule has 0 saturated heterocycles. The molecule has 0 radical (unpaired) electrons. The van der Waals surface area contributed by atoms with Crippen molar-refractivity contribution in [3.63, 3.8) is 0 Å². The number of nitrogen functional groups attached to an aromatic ring is 1. The number of nitrogens with zero attached hydrogens (tertiary/aromatic N) is 1. The summed E-state index contributed by atoms with van der Waals surface area (Å²) in [7, 11) is 0. The van der Waals surface area contributed by atoms with Crippen molar-refractivity contribution in [1.29, 1.82) is 0 Å². The van der Waals surface area contributed by atoms with Gasteiger partial charge in [0.15, 0.2) is 5.13 Å². The number of rotatable bonds is 5. The molecule has 4 N–H and O–H groups in total. The quantitative estimate of drug-likeness (QED) is 0.698. The first kappa shape index (κ1) is 12.9. The SMILES string of the molecule is CC(C)(CO)CNC(=O)Cc1csc(N)n1. The van der Waals surface area contributed by atoms with E-state index in [1.807, 2.05) is 13.8 Å². The van der Waals surface area contributed by atoms with Crippen LogP contribution in [0.4, 0.5) is 5.13 Å². The smallest absolute Gasteiger partial charge is 0.226 e. The maximum atomic E-state index is 11.5. The Morgan fingerprint density at radius 1 is 1.69 bits per heavy atom. The topological polar surface area (TPSA) is 88.2 Å². The summed E-state index contributed by atoms with van der Waals surface area (Å²) in [5.74, 6) is -0.105. The first-order valence-electron chi connectivity index (χ1n) is 5.00. The predicted molar refractivity (Wildman–Crippen MR) is 64.1 cm³/mol. The van der Waals surface area contributed by atoms with Crippen molar-refractivity contribution in [2.24, 2.45) is 5.41 Å². The average Bonchev–Trinajstić information content (AvgIpc) is 2.61. The Morgan fingerprint density at radius 2 is 2.38 bits per heavy atom. The molecule has 0 atom stereocenters. The third-order valence-electron chi connectivity index (χ3n) is 2.10. The Kier molecular flexibility index (Phi) is 4.26. The second-order valence-electron chi connectivity index (χ2n) is 4.45. The van der Waals surface area contributed by atoms with Crippen molar-refractivity contribution in [1.82, 2.24) is 10.3 Å². The molecule has 0 aliphatic heterocycles. The van der Waals surface area contributed by atoms with E-state index in [0.29, 0.717) is 17.4 Å². The molecule has 0 spiro atoms. The van der Waals surface area contributed by atoms with Gasteiger partial charge in [-0.3, -0.25) is 4.79 Å². The highest BCUT2D eigenvalue weighted by Gasteiger charge is 2.17. The predicted octanol–water partition coefficient (Wildman–Crippen LogP) is 0.402. The van der Waals surface area contributed by atoms with Crippen LogP contribution >= 0.6 is 11.3 Å². The number of amides is 1. The van der Waals surface area contributed by atoms with Crippen LogP contribution < -0.4 is 11.1 Å². The molecule has 0 aliphatic rings. The van der Waals surface area contributed by atoms with Gasteiger partial charge < -0.3 is 16.2 Å². The van der Waals surface area contributed by atoms with Crippen molar-refractivity contribution < 1.29 is 9.90 Å². The van der Waals surface area contributed by atoms with Crippen molar-refractivity contribution >= 4 is 22.4 Å². The molecule has 1 aromatic heterocycles. The summed E-state index contributed by atoms with van der Waals surface area (Å²) in [5.41, 5.74) is 5.85. The van der Waals surface area contributed by atoms with Gasteiger partial charge in [0.1, 0.15) is 0 Å². The third-order valence-corrected chi connectivity index (χ3v) is 2.83. The Bertz CT molecular complexity index is 363. The number of nitrogens with two attached hydrogens (primary N) is 1. The molecule has 1 aromatic rings. The third kappa shape index (κ3) is 4.16. The van der Waals surface area contributed by atoms with Gasteiger partial charge in [0.05, 0.1) is 12.1 Å². The van der Waals surface area contributed by atoms with E-state index >= 15 is 0 Å². The first-order valence-corrected chi connectivity index (χ1v) is 5.88. The fourth-order valence-corrected chi connectivity index (χ4v) is 1.59. The van der Waals surface area contributed by atoms with E-state index in [9.17, 15) is 4.79 Å². The van der Waals surface area contributed by atoms with E-state index in [2.05, 4.69) is 10.3 Å². The van der Waals surface area contributed by atoms with Gasteiger partial charge in [-0.05, 0) is 0 Å². The molecule has 0 fully saturated rings. The minimum atomic E-state index is -0.295. The van der Waals surface area contributed by atoms with Crippen LogP contribution in [0.2, 0.25) is 0 Å². The van der Waals surface area contributed by atoms with E-state index in [-0.39, 0.29) is 24.3 Å². The molecule has 0 aliphatic carbocycles. The first-order chi connectivity index (χ1) is 7.43. The molecular weight excluding hydrogens is 226 g/mol. The number of anilines is 1. The van der Waals surface area contributed by atoms with E-state index < -0.39 is 0 Å². The lowest BCUT2D eigenvalue weighted by Crippen LogP contribution is -2.36. The summed E-state index contributed by atoms with van der Waals surface area (Å²) in [4.78, 5) is 15.5. The van der Waals surface area contributed by atoms with Gasteiger partial charge in [0, 0.05) is 23.9 Å². The molecular formula is C10H17N3O2S. The van der Waals surface area contributed by atoms with Crippen molar-refractivity contribution in [3.8, 4) is 0 Å². The lowest BCUT2D eigenvalue weighted by atomic mass is 9.95. The summed E-state index contributed by atoms with van der Waals surface area (Å²) in [6.07, 6.45) is 0.231. The number of nitrogens with one attached hydrogen (secondary N) is 1. The van der Waals surface area contributed by atoms with Crippen LogP contribution in [0.5, 0.6) is 0 Å². The van der Waals surface area contributed by atoms with Crippen LogP contribution in [-0.2, 0) is 11.2 Å². The maximum Gasteiger partial charge on any atom is 0.226 e.